The van der Waals surface area contributed by atoms with E-state index >= 15 is 0 Å². The zero-order valence-corrected chi connectivity index (χ0v) is 18.6. The second-order valence-electron chi connectivity index (χ2n) is 8.41. The maximum atomic E-state index is 13.2. The highest BCUT2D eigenvalue weighted by molar-refractivity contribution is 5.96. The molecule has 2 amide bonds. The lowest BCUT2D eigenvalue weighted by molar-refractivity contribution is -0.118. The Morgan fingerprint density at radius 1 is 0.969 bits per heavy atom. The first-order valence-electron chi connectivity index (χ1n) is 11.1. The van der Waals surface area contributed by atoms with Gasteiger partial charge in [-0.1, -0.05) is 48.5 Å². The Labute approximate surface area is 189 Å². The fourth-order valence-corrected chi connectivity index (χ4v) is 4.20. The highest BCUT2D eigenvalue weighted by Crippen LogP contribution is 2.23. The van der Waals surface area contributed by atoms with Crippen molar-refractivity contribution in [1.82, 2.24) is 5.32 Å². The predicted molar refractivity (Wildman–Crippen MR) is 129 cm³/mol. The largest absolute Gasteiger partial charge is 0.324 e. The number of hydrogen-bond donors (Lipinski definition) is 2. The van der Waals surface area contributed by atoms with E-state index in [1.165, 1.54) is 0 Å². The summed E-state index contributed by atoms with van der Waals surface area (Å²) in [6, 6.07) is 23.3. The van der Waals surface area contributed by atoms with Crippen molar-refractivity contribution in [2.24, 2.45) is 0 Å². The smallest absolute Gasteiger partial charge is 0.246 e. The topological polar surface area (TPSA) is 61.4 Å². The fraction of sp³-hybridized carbons (Fsp3) is 0.259. The number of rotatable bonds is 7. The highest BCUT2D eigenvalue weighted by Gasteiger charge is 2.22. The van der Waals surface area contributed by atoms with Crippen LogP contribution >= 0.6 is 0 Å². The number of aryl methyl sites for hydroxylation is 2. The van der Waals surface area contributed by atoms with Crippen LogP contribution in [-0.2, 0) is 16.1 Å². The third-order valence-corrected chi connectivity index (χ3v) is 5.72. The summed E-state index contributed by atoms with van der Waals surface area (Å²) in [5.74, 6) is 0.0866. The summed E-state index contributed by atoms with van der Waals surface area (Å²) in [7, 11) is 0. The van der Waals surface area contributed by atoms with Gasteiger partial charge in [0.2, 0.25) is 11.8 Å². The van der Waals surface area contributed by atoms with Crippen LogP contribution in [-0.4, -0.2) is 18.4 Å². The SMILES string of the molecule is Cc1cc(C)cc(NC(=O)[C@H](NCc2ccc(N3CCCC3=O)cc2)c2ccccc2)c1. The van der Waals surface area contributed by atoms with E-state index in [0.717, 1.165) is 46.6 Å². The Morgan fingerprint density at radius 3 is 2.28 bits per heavy atom. The molecule has 3 aromatic rings. The average molecular weight is 428 g/mol. The Hall–Kier alpha value is -3.44. The molecule has 1 fully saturated rings. The Balaban J connectivity index is 1.47. The number of nitrogens with zero attached hydrogens (tertiary/aromatic N) is 1. The quantitative estimate of drug-likeness (QED) is 0.564. The van der Waals surface area contributed by atoms with Crippen molar-refractivity contribution in [3.05, 3.63) is 95.1 Å². The highest BCUT2D eigenvalue weighted by atomic mass is 16.2. The van der Waals surface area contributed by atoms with Crippen molar-refractivity contribution in [2.75, 3.05) is 16.8 Å². The van der Waals surface area contributed by atoms with E-state index in [1.807, 2.05) is 85.5 Å². The van der Waals surface area contributed by atoms with E-state index in [1.54, 1.807) is 0 Å². The van der Waals surface area contributed by atoms with Gasteiger partial charge >= 0.3 is 0 Å². The minimum absolute atomic E-state index is 0.0968. The minimum Gasteiger partial charge on any atom is -0.324 e. The Kier molecular flexibility index (Phi) is 6.66. The van der Waals surface area contributed by atoms with Crippen LogP contribution in [0.25, 0.3) is 0 Å². The Morgan fingerprint density at radius 2 is 1.66 bits per heavy atom. The first kappa shape index (κ1) is 21.8. The molecule has 0 aliphatic carbocycles. The molecule has 0 bridgehead atoms. The molecule has 0 spiro atoms. The zero-order chi connectivity index (χ0) is 22.5. The second-order valence-corrected chi connectivity index (χ2v) is 8.41. The number of carbonyl (C=O) groups excluding carboxylic acids is 2. The van der Waals surface area contributed by atoms with Crippen molar-refractivity contribution in [2.45, 2.75) is 39.3 Å². The van der Waals surface area contributed by atoms with Crippen molar-refractivity contribution in [3.8, 4) is 0 Å². The third kappa shape index (κ3) is 5.24. The molecule has 164 valence electrons. The lowest BCUT2D eigenvalue weighted by atomic mass is 10.0. The van der Waals surface area contributed by atoms with Crippen LogP contribution in [0.15, 0.2) is 72.8 Å². The second kappa shape index (κ2) is 9.79. The molecule has 1 saturated heterocycles. The Bertz CT molecular complexity index is 1070. The zero-order valence-electron chi connectivity index (χ0n) is 18.6. The molecular weight excluding hydrogens is 398 g/mol. The molecule has 0 aromatic heterocycles. The standard InChI is InChI=1S/C27H29N3O2/c1-19-15-20(2)17-23(16-19)29-27(32)26(22-7-4-3-5-8-22)28-18-21-10-12-24(13-11-21)30-14-6-9-25(30)31/h3-5,7-8,10-13,15-17,26,28H,6,9,14,18H2,1-2H3,(H,29,32)/t26-/m1/s1. The molecule has 1 aliphatic heterocycles. The molecule has 1 heterocycles. The van der Waals surface area contributed by atoms with Gasteiger partial charge in [0.1, 0.15) is 6.04 Å². The van der Waals surface area contributed by atoms with E-state index in [2.05, 4.69) is 16.7 Å². The van der Waals surface area contributed by atoms with E-state index in [0.29, 0.717) is 13.0 Å². The molecule has 0 saturated carbocycles. The number of nitrogens with one attached hydrogen (secondary N) is 2. The van der Waals surface area contributed by atoms with Gasteiger partial charge in [0.15, 0.2) is 0 Å². The van der Waals surface area contributed by atoms with Crippen LogP contribution in [0.1, 0.15) is 41.1 Å². The molecule has 1 aliphatic rings. The number of hydrogen-bond acceptors (Lipinski definition) is 3. The van der Waals surface area contributed by atoms with Crippen LogP contribution in [0.4, 0.5) is 11.4 Å². The van der Waals surface area contributed by atoms with Gasteiger partial charge in [0.25, 0.3) is 0 Å². The van der Waals surface area contributed by atoms with E-state index in [4.69, 9.17) is 0 Å². The van der Waals surface area contributed by atoms with Crippen molar-refractivity contribution < 1.29 is 9.59 Å². The normalized spacial score (nSPS) is 14.4. The number of carbonyl (C=O) groups is 2. The predicted octanol–water partition coefficient (Wildman–Crippen LogP) is 4.90. The van der Waals surface area contributed by atoms with Crippen LogP contribution in [0, 0.1) is 13.8 Å². The molecule has 5 nitrogen and oxygen atoms in total. The van der Waals surface area contributed by atoms with Gasteiger partial charge in [-0.3, -0.25) is 14.9 Å². The maximum Gasteiger partial charge on any atom is 0.246 e. The molecule has 1 atom stereocenters. The molecule has 2 N–H and O–H groups in total. The summed E-state index contributed by atoms with van der Waals surface area (Å²) in [6.07, 6.45) is 1.54. The third-order valence-electron chi connectivity index (χ3n) is 5.72. The van der Waals surface area contributed by atoms with E-state index < -0.39 is 6.04 Å². The monoisotopic (exact) mass is 427 g/mol. The minimum atomic E-state index is -0.489. The van der Waals surface area contributed by atoms with Crippen LogP contribution in [0.2, 0.25) is 0 Å². The van der Waals surface area contributed by atoms with E-state index in [-0.39, 0.29) is 11.8 Å². The first-order valence-corrected chi connectivity index (χ1v) is 11.1. The summed E-state index contributed by atoms with van der Waals surface area (Å²) in [5.41, 5.74) is 5.93. The molecule has 32 heavy (non-hydrogen) atoms. The lowest BCUT2D eigenvalue weighted by Crippen LogP contribution is -2.32. The lowest BCUT2D eigenvalue weighted by Gasteiger charge is -2.20. The maximum absolute atomic E-state index is 13.2. The summed E-state index contributed by atoms with van der Waals surface area (Å²) >= 11 is 0. The van der Waals surface area contributed by atoms with Gasteiger partial charge in [0.05, 0.1) is 0 Å². The number of amides is 2. The summed E-state index contributed by atoms with van der Waals surface area (Å²) < 4.78 is 0. The average Bonchev–Trinajstić information content (AvgIpc) is 3.20. The van der Waals surface area contributed by atoms with Crippen molar-refractivity contribution in [3.63, 3.8) is 0 Å². The fourth-order valence-electron chi connectivity index (χ4n) is 4.20. The van der Waals surface area contributed by atoms with Crippen LogP contribution < -0.4 is 15.5 Å². The van der Waals surface area contributed by atoms with E-state index in [9.17, 15) is 9.59 Å². The summed E-state index contributed by atoms with van der Waals surface area (Å²) in [5, 5.41) is 6.47. The number of anilines is 2. The van der Waals surface area contributed by atoms with Gasteiger partial charge in [-0.15, -0.1) is 0 Å². The summed E-state index contributed by atoms with van der Waals surface area (Å²) in [6.45, 7) is 5.36. The van der Waals surface area contributed by atoms with Gasteiger partial charge in [-0.05, 0) is 66.8 Å². The molecule has 0 unspecified atom stereocenters. The molecule has 3 aromatic carbocycles. The summed E-state index contributed by atoms with van der Waals surface area (Å²) in [4.78, 5) is 27.0. The van der Waals surface area contributed by atoms with Gasteiger partial charge < -0.3 is 10.2 Å². The van der Waals surface area contributed by atoms with Gasteiger partial charge in [0, 0.05) is 30.9 Å². The van der Waals surface area contributed by atoms with Gasteiger partial charge in [-0.25, -0.2) is 0 Å². The first-order chi connectivity index (χ1) is 15.5. The molecule has 5 heteroatoms. The molecule has 0 radical (unpaired) electrons. The molecule has 4 rings (SSSR count). The van der Waals surface area contributed by atoms with Crippen LogP contribution in [0.3, 0.4) is 0 Å². The molecular formula is C27H29N3O2. The van der Waals surface area contributed by atoms with Crippen molar-refractivity contribution >= 4 is 23.2 Å². The van der Waals surface area contributed by atoms with Gasteiger partial charge in [-0.2, -0.15) is 0 Å². The van der Waals surface area contributed by atoms with Crippen LogP contribution in [0.5, 0.6) is 0 Å². The number of benzene rings is 3. The van der Waals surface area contributed by atoms with Crippen molar-refractivity contribution in [1.29, 1.82) is 0 Å².